The molecule has 1 N–H and O–H groups in total. The Kier molecular flexibility index (Phi) is 2.29. The Bertz CT molecular complexity index is 542. The third-order valence-electron chi connectivity index (χ3n) is 1.87. The van der Waals surface area contributed by atoms with Gasteiger partial charge in [0.1, 0.15) is 0 Å². The fourth-order valence-corrected chi connectivity index (χ4v) is 1.63. The summed E-state index contributed by atoms with van der Waals surface area (Å²) >= 11 is 0. The molecule has 0 radical (unpaired) electrons. The number of rotatable bonds is 2. The molecule has 0 unspecified atom stereocenters. The molecule has 0 aliphatic rings. The standard InChI is InChI=1S/C9H7NO4S/c11-15(12,13)8-3-1-7(2-4-8)9-5-10-6-14-9/h1-6H,(H,11,12,13). The first-order valence-electron chi connectivity index (χ1n) is 4.04. The largest absolute Gasteiger partial charge is 0.444 e. The zero-order chi connectivity index (χ0) is 10.9. The summed E-state index contributed by atoms with van der Waals surface area (Å²) in [6.45, 7) is 0. The number of nitrogens with zero attached hydrogens (tertiary/aromatic N) is 1. The first-order chi connectivity index (χ1) is 7.07. The van der Waals surface area contributed by atoms with E-state index >= 15 is 0 Å². The van der Waals surface area contributed by atoms with E-state index in [-0.39, 0.29) is 4.90 Å². The smallest absolute Gasteiger partial charge is 0.294 e. The molecule has 1 heterocycles. The molecule has 0 saturated heterocycles. The molecule has 2 rings (SSSR count). The molecular formula is C9H7NO4S. The van der Waals surface area contributed by atoms with Crippen LogP contribution in [0.15, 0.2) is 46.2 Å². The topological polar surface area (TPSA) is 80.4 Å². The van der Waals surface area contributed by atoms with Gasteiger partial charge in [0.25, 0.3) is 10.1 Å². The van der Waals surface area contributed by atoms with E-state index in [4.69, 9.17) is 8.97 Å². The van der Waals surface area contributed by atoms with Crippen molar-refractivity contribution >= 4 is 10.1 Å². The first-order valence-corrected chi connectivity index (χ1v) is 5.48. The number of hydrogen-bond donors (Lipinski definition) is 1. The Morgan fingerprint density at radius 2 is 1.87 bits per heavy atom. The highest BCUT2D eigenvalue weighted by Crippen LogP contribution is 2.20. The summed E-state index contributed by atoms with van der Waals surface area (Å²) in [5.41, 5.74) is 0.694. The van der Waals surface area contributed by atoms with E-state index in [1.165, 1.54) is 36.9 Å². The summed E-state index contributed by atoms with van der Waals surface area (Å²) in [6, 6.07) is 5.66. The summed E-state index contributed by atoms with van der Waals surface area (Å²) in [7, 11) is -4.13. The van der Waals surface area contributed by atoms with Crippen molar-refractivity contribution in [2.75, 3.05) is 0 Å². The molecule has 0 spiro atoms. The van der Waals surface area contributed by atoms with Crippen LogP contribution < -0.4 is 0 Å². The van der Waals surface area contributed by atoms with Crippen molar-refractivity contribution in [2.45, 2.75) is 4.90 Å². The molecule has 1 aromatic carbocycles. The Labute approximate surface area is 86.1 Å². The monoisotopic (exact) mass is 225 g/mol. The van der Waals surface area contributed by atoms with Gasteiger partial charge >= 0.3 is 0 Å². The van der Waals surface area contributed by atoms with E-state index in [1.54, 1.807) is 0 Å². The second-order valence-electron chi connectivity index (χ2n) is 2.87. The number of hydrogen-bond acceptors (Lipinski definition) is 4. The second kappa shape index (κ2) is 3.48. The van der Waals surface area contributed by atoms with Crippen LogP contribution in [0.3, 0.4) is 0 Å². The van der Waals surface area contributed by atoms with Crippen molar-refractivity contribution < 1.29 is 17.4 Å². The van der Waals surface area contributed by atoms with Gasteiger partial charge in [-0.1, -0.05) is 0 Å². The van der Waals surface area contributed by atoms with Gasteiger partial charge in [-0.15, -0.1) is 0 Å². The Morgan fingerprint density at radius 1 is 1.20 bits per heavy atom. The van der Waals surface area contributed by atoms with Gasteiger partial charge in [-0.25, -0.2) is 4.98 Å². The molecule has 0 aliphatic heterocycles. The zero-order valence-corrected chi connectivity index (χ0v) is 8.31. The number of oxazole rings is 1. The van der Waals surface area contributed by atoms with Gasteiger partial charge in [0, 0.05) is 5.56 Å². The van der Waals surface area contributed by atoms with Crippen LogP contribution in [0.5, 0.6) is 0 Å². The van der Waals surface area contributed by atoms with Gasteiger partial charge in [0.2, 0.25) is 0 Å². The molecule has 0 fully saturated rings. The lowest BCUT2D eigenvalue weighted by Crippen LogP contribution is -1.96. The molecule has 0 aliphatic carbocycles. The van der Waals surface area contributed by atoms with Crippen LogP contribution in [0.1, 0.15) is 0 Å². The molecule has 78 valence electrons. The van der Waals surface area contributed by atoms with Crippen molar-refractivity contribution in [2.24, 2.45) is 0 Å². The van der Waals surface area contributed by atoms with E-state index < -0.39 is 10.1 Å². The quantitative estimate of drug-likeness (QED) is 0.785. The van der Waals surface area contributed by atoms with Gasteiger partial charge in [-0.3, -0.25) is 4.55 Å². The van der Waals surface area contributed by atoms with Crippen LogP contribution in [0.25, 0.3) is 11.3 Å². The molecule has 0 bridgehead atoms. The third-order valence-corrected chi connectivity index (χ3v) is 2.74. The average molecular weight is 225 g/mol. The fourth-order valence-electron chi connectivity index (χ4n) is 1.15. The van der Waals surface area contributed by atoms with Crippen LogP contribution in [0.2, 0.25) is 0 Å². The maximum Gasteiger partial charge on any atom is 0.294 e. The van der Waals surface area contributed by atoms with Crippen molar-refractivity contribution in [1.29, 1.82) is 0 Å². The van der Waals surface area contributed by atoms with Crippen LogP contribution in [0.4, 0.5) is 0 Å². The summed E-state index contributed by atoms with van der Waals surface area (Å²) < 4.78 is 35.3. The van der Waals surface area contributed by atoms with Crippen LogP contribution in [-0.4, -0.2) is 18.0 Å². The van der Waals surface area contributed by atoms with Gasteiger partial charge in [-0.05, 0) is 24.3 Å². The van der Waals surface area contributed by atoms with E-state index in [0.29, 0.717) is 11.3 Å². The molecular weight excluding hydrogens is 218 g/mol. The molecule has 0 atom stereocenters. The maximum absolute atomic E-state index is 10.8. The lowest BCUT2D eigenvalue weighted by molar-refractivity contribution is 0.483. The van der Waals surface area contributed by atoms with E-state index in [0.717, 1.165) is 0 Å². The van der Waals surface area contributed by atoms with Crippen molar-refractivity contribution in [3.05, 3.63) is 36.9 Å². The minimum Gasteiger partial charge on any atom is -0.444 e. The number of benzene rings is 1. The molecule has 6 heteroatoms. The van der Waals surface area contributed by atoms with Crippen LogP contribution in [0, 0.1) is 0 Å². The highest BCUT2D eigenvalue weighted by Gasteiger charge is 2.09. The summed E-state index contributed by atoms with van der Waals surface area (Å²) in [6.07, 6.45) is 2.80. The molecule has 5 nitrogen and oxygen atoms in total. The summed E-state index contributed by atoms with van der Waals surface area (Å²) in [4.78, 5) is 3.59. The highest BCUT2D eigenvalue weighted by molar-refractivity contribution is 7.85. The summed E-state index contributed by atoms with van der Waals surface area (Å²) in [5.74, 6) is 0.539. The molecule has 15 heavy (non-hydrogen) atoms. The van der Waals surface area contributed by atoms with Gasteiger partial charge in [0.15, 0.2) is 12.2 Å². The van der Waals surface area contributed by atoms with E-state index in [1.807, 2.05) is 0 Å². The Balaban J connectivity index is 2.42. The second-order valence-corrected chi connectivity index (χ2v) is 4.29. The normalized spacial score (nSPS) is 11.5. The SMILES string of the molecule is O=S(=O)(O)c1ccc(-c2cnco2)cc1. The van der Waals surface area contributed by atoms with Crippen LogP contribution in [-0.2, 0) is 10.1 Å². The third kappa shape index (κ3) is 2.05. The van der Waals surface area contributed by atoms with Gasteiger partial charge in [0.05, 0.1) is 11.1 Å². The summed E-state index contributed by atoms with van der Waals surface area (Å²) in [5, 5.41) is 0. The van der Waals surface area contributed by atoms with Gasteiger partial charge < -0.3 is 4.42 Å². The van der Waals surface area contributed by atoms with E-state index in [9.17, 15) is 8.42 Å². The Hall–Kier alpha value is -1.66. The highest BCUT2D eigenvalue weighted by atomic mass is 32.2. The van der Waals surface area contributed by atoms with Crippen molar-refractivity contribution in [1.82, 2.24) is 4.98 Å². The zero-order valence-electron chi connectivity index (χ0n) is 7.49. The molecule has 2 aromatic rings. The lowest BCUT2D eigenvalue weighted by atomic mass is 10.2. The predicted octanol–water partition coefficient (Wildman–Crippen LogP) is 1.59. The minimum absolute atomic E-state index is 0.147. The molecule has 0 saturated carbocycles. The van der Waals surface area contributed by atoms with Gasteiger partial charge in [-0.2, -0.15) is 8.42 Å². The number of aromatic nitrogens is 1. The van der Waals surface area contributed by atoms with Crippen molar-refractivity contribution in [3.63, 3.8) is 0 Å². The molecule has 0 amide bonds. The fraction of sp³-hybridized carbons (Fsp3) is 0. The van der Waals surface area contributed by atoms with E-state index in [2.05, 4.69) is 4.98 Å². The van der Waals surface area contributed by atoms with Crippen LogP contribution >= 0.6 is 0 Å². The average Bonchev–Trinajstić information content (AvgIpc) is 2.69. The predicted molar refractivity (Wildman–Crippen MR) is 51.8 cm³/mol. The van der Waals surface area contributed by atoms with Crippen molar-refractivity contribution in [3.8, 4) is 11.3 Å². The Morgan fingerprint density at radius 3 is 2.33 bits per heavy atom. The minimum atomic E-state index is -4.13. The lowest BCUT2D eigenvalue weighted by Gasteiger charge is -1.98. The first kappa shape index (κ1) is 9.88. The molecule has 1 aromatic heterocycles. The maximum atomic E-state index is 10.8.